The number of rotatable bonds is 9. The van der Waals surface area contributed by atoms with Gasteiger partial charge in [0.15, 0.2) is 11.6 Å². The highest BCUT2D eigenvalue weighted by molar-refractivity contribution is 5.79. The molecule has 1 saturated carbocycles. The Labute approximate surface area is 224 Å². The minimum absolute atomic E-state index is 0.105. The number of amides is 1. The van der Waals surface area contributed by atoms with Crippen molar-refractivity contribution in [3.63, 3.8) is 0 Å². The maximum absolute atomic E-state index is 13.9. The third-order valence-electron chi connectivity index (χ3n) is 8.12. The van der Waals surface area contributed by atoms with Crippen molar-refractivity contribution in [2.75, 3.05) is 26.7 Å². The molecule has 0 aromatic heterocycles. The number of hydrogen-bond acceptors (Lipinski definition) is 3. The van der Waals surface area contributed by atoms with Crippen LogP contribution in [-0.2, 0) is 17.9 Å². The van der Waals surface area contributed by atoms with E-state index in [2.05, 4.69) is 34.1 Å². The zero-order valence-electron chi connectivity index (χ0n) is 22.0. The van der Waals surface area contributed by atoms with E-state index in [1.54, 1.807) is 13.2 Å². The van der Waals surface area contributed by atoms with Crippen LogP contribution in [0.1, 0.15) is 48.3 Å². The molecule has 2 unspecified atom stereocenters. The van der Waals surface area contributed by atoms with Crippen LogP contribution in [0.25, 0.3) is 0 Å². The predicted octanol–water partition coefficient (Wildman–Crippen LogP) is 6.41. The largest absolute Gasteiger partial charge is 0.497 e. The molecule has 1 aliphatic heterocycles. The third-order valence-corrected chi connectivity index (χ3v) is 8.12. The van der Waals surface area contributed by atoms with Gasteiger partial charge < -0.3 is 9.64 Å². The molecule has 6 heteroatoms. The SMILES string of the molecule is COc1cccc(C2CN(Cc3ccc(F)c(F)c3)CC2CN(Cc2ccccc2)C(=O)C2CCCC2)c1. The standard InChI is InChI=1S/C32H36F2N2O2/c1-38-28-13-7-12-26(17-28)29-22-35(18-24-14-15-30(33)31(34)16-24)20-27(29)21-36(19-23-8-3-2-4-9-23)32(37)25-10-5-6-11-25/h2-4,7-9,12-17,25,27,29H,5-6,10-11,18-22H2,1H3. The fourth-order valence-electron chi connectivity index (χ4n) is 6.17. The Hall–Kier alpha value is -3.25. The van der Waals surface area contributed by atoms with Gasteiger partial charge in [0.25, 0.3) is 0 Å². The minimum atomic E-state index is -0.829. The van der Waals surface area contributed by atoms with Gasteiger partial charge in [0.05, 0.1) is 7.11 Å². The second kappa shape index (κ2) is 12.1. The minimum Gasteiger partial charge on any atom is -0.497 e. The summed E-state index contributed by atoms with van der Waals surface area (Å²) in [6.45, 7) is 3.32. The summed E-state index contributed by atoms with van der Waals surface area (Å²) in [6.07, 6.45) is 4.17. The molecule has 0 radical (unpaired) electrons. The van der Waals surface area contributed by atoms with Crippen molar-refractivity contribution in [3.8, 4) is 5.75 Å². The van der Waals surface area contributed by atoms with Crippen molar-refractivity contribution in [2.24, 2.45) is 11.8 Å². The van der Waals surface area contributed by atoms with Crippen LogP contribution >= 0.6 is 0 Å². The Morgan fingerprint density at radius 3 is 2.45 bits per heavy atom. The van der Waals surface area contributed by atoms with E-state index in [1.807, 2.05) is 30.3 Å². The topological polar surface area (TPSA) is 32.8 Å². The normalized spacial score (nSPS) is 20.1. The number of carbonyl (C=O) groups excluding carboxylic acids is 1. The first kappa shape index (κ1) is 26.4. The van der Waals surface area contributed by atoms with Gasteiger partial charge in [-0.1, -0.05) is 61.4 Å². The Balaban J connectivity index is 1.41. The molecule has 2 fully saturated rings. The summed E-state index contributed by atoms with van der Waals surface area (Å²) in [5.74, 6) is -0.0958. The van der Waals surface area contributed by atoms with Crippen LogP contribution in [0.3, 0.4) is 0 Å². The molecule has 3 aromatic carbocycles. The highest BCUT2D eigenvalue weighted by Gasteiger charge is 2.37. The molecule has 200 valence electrons. The summed E-state index contributed by atoms with van der Waals surface area (Å²) in [7, 11) is 1.67. The van der Waals surface area contributed by atoms with E-state index < -0.39 is 11.6 Å². The second-order valence-electron chi connectivity index (χ2n) is 10.8. The van der Waals surface area contributed by atoms with Crippen molar-refractivity contribution in [1.82, 2.24) is 9.80 Å². The van der Waals surface area contributed by atoms with Crippen LogP contribution in [0.2, 0.25) is 0 Å². The lowest BCUT2D eigenvalue weighted by Crippen LogP contribution is -2.40. The molecule has 2 atom stereocenters. The fourth-order valence-corrected chi connectivity index (χ4v) is 6.17. The highest BCUT2D eigenvalue weighted by Crippen LogP contribution is 2.37. The van der Waals surface area contributed by atoms with E-state index in [9.17, 15) is 13.6 Å². The van der Waals surface area contributed by atoms with Crippen molar-refractivity contribution in [3.05, 3.63) is 101 Å². The monoisotopic (exact) mass is 518 g/mol. The van der Waals surface area contributed by atoms with Gasteiger partial charge in [-0.3, -0.25) is 9.69 Å². The number of carbonyl (C=O) groups is 1. The van der Waals surface area contributed by atoms with E-state index in [0.717, 1.165) is 55.6 Å². The zero-order valence-corrected chi connectivity index (χ0v) is 22.0. The number of ether oxygens (including phenoxy) is 1. The maximum atomic E-state index is 13.9. The molecule has 1 saturated heterocycles. The Morgan fingerprint density at radius 2 is 1.71 bits per heavy atom. The molecular weight excluding hydrogens is 482 g/mol. The summed E-state index contributed by atoms with van der Waals surface area (Å²) in [5, 5.41) is 0. The van der Waals surface area contributed by atoms with Crippen molar-refractivity contribution in [2.45, 2.75) is 44.7 Å². The number of likely N-dealkylation sites (tertiary alicyclic amines) is 1. The predicted molar refractivity (Wildman–Crippen MR) is 145 cm³/mol. The molecule has 2 aliphatic rings. The van der Waals surface area contributed by atoms with Gasteiger partial charge >= 0.3 is 0 Å². The van der Waals surface area contributed by atoms with E-state index >= 15 is 0 Å². The molecule has 5 rings (SSSR count). The van der Waals surface area contributed by atoms with Gasteiger partial charge in [-0.2, -0.15) is 0 Å². The van der Waals surface area contributed by atoms with Gasteiger partial charge in [-0.05, 0) is 59.7 Å². The van der Waals surface area contributed by atoms with Crippen LogP contribution in [0, 0.1) is 23.5 Å². The van der Waals surface area contributed by atoms with E-state index in [4.69, 9.17) is 4.74 Å². The van der Waals surface area contributed by atoms with Crippen LogP contribution < -0.4 is 4.74 Å². The fraction of sp³-hybridized carbons (Fsp3) is 0.406. The van der Waals surface area contributed by atoms with E-state index in [0.29, 0.717) is 19.6 Å². The summed E-state index contributed by atoms with van der Waals surface area (Å²) in [5.41, 5.74) is 3.06. The number of benzene rings is 3. The molecule has 0 spiro atoms. The van der Waals surface area contributed by atoms with E-state index in [-0.39, 0.29) is 23.7 Å². The smallest absolute Gasteiger partial charge is 0.225 e. The highest BCUT2D eigenvalue weighted by atomic mass is 19.2. The summed E-state index contributed by atoms with van der Waals surface area (Å²) in [4.78, 5) is 18.1. The quantitative estimate of drug-likeness (QED) is 0.328. The molecule has 38 heavy (non-hydrogen) atoms. The van der Waals surface area contributed by atoms with Gasteiger partial charge in [0.1, 0.15) is 5.75 Å². The van der Waals surface area contributed by atoms with Gasteiger partial charge in [-0.25, -0.2) is 8.78 Å². The molecule has 0 bridgehead atoms. The zero-order chi connectivity index (χ0) is 26.5. The van der Waals surface area contributed by atoms with Crippen molar-refractivity contribution < 1.29 is 18.3 Å². The molecule has 1 amide bonds. The lowest BCUT2D eigenvalue weighted by Gasteiger charge is -2.31. The summed E-state index contributed by atoms with van der Waals surface area (Å²) in [6, 6.07) is 22.5. The van der Waals surface area contributed by atoms with Crippen LogP contribution in [-0.4, -0.2) is 42.5 Å². The Morgan fingerprint density at radius 1 is 0.921 bits per heavy atom. The molecule has 1 aliphatic carbocycles. The van der Waals surface area contributed by atoms with E-state index in [1.165, 1.54) is 17.7 Å². The number of hydrogen-bond donors (Lipinski definition) is 0. The van der Waals surface area contributed by atoms with Gasteiger partial charge in [0.2, 0.25) is 5.91 Å². The number of methoxy groups -OCH3 is 1. The molecule has 3 aromatic rings. The molecule has 0 N–H and O–H groups in total. The first-order chi connectivity index (χ1) is 18.5. The lowest BCUT2D eigenvalue weighted by atomic mass is 9.88. The molecule has 4 nitrogen and oxygen atoms in total. The van der Waals surface area contributed by atoms with Crippen LogP contribution in [0.15, 0.2) is 72.8 Å². The van der Waals surface area contributed by atoms with Crippen molar-refractivity contribution >= 4 is 5.91 Å². The first-order valence-corrected chi connectivity index (χ1v) is 13.6. The summed E-state index contributed by atoms with van der Waals surface area (Å²) < 4.78 is 32.9. The Bertz CT molecular complexity index is 1230. The average molecular weight is 519 g/mol. The second-order valence-corrected chi connectivity index (χ2v) is 10.8. The van der Waals surface area contributed by atoms with Gasteiger partial charge in [0, 0.05) is 44.6 Å². The molecule has 1 heterocycles. The first-order valence-electron chi connectivity index (χ1n) is 13.6. The maximum Gasteiger partial charge on any atom is 0.225 e. The lowest BCUT2D eigenvalue weighted by molar-refractivity contribution is -0.136. The van der Waals surface area contributed by atoms with Gasteiger partial charge in [-0.15, -0.1) is 0 Å². The average Bonchev–Trinajstić information content (AvgIpc) is 3.61. The summed E-state index contributed by atoms with van der Waals surface area (Å²) >= 11 is 0. The van der Waals surface area contributed by atoms with Crippen molar-refractivity contribution in [1.29, 1.82) is 0 Å². The third kappa shape index (κ3) is 6.24. The van der Waals surface area contributed by atoms with Crippen LogP contribution in [0.5, 0.6) is 5.75 Å². The van der Waals surface area contributed by atoms with Crippen LogP contribution in [0.4, 0.5) is 8.78 Å². The number of nitrogens with zero attached hydrogens (tertiary/aromatic N) is 2. The number of halogens is 2. The molecular formula is C32H36F2N2O2. The Kier molecular flexibility index (Phi) is 8.38.